The number of benzene rings is 1. The Labute approximate surface area is 116 Å². The first kappa shape index (κ1) is 16.1. The standard InChI is InChI=1S/C16H14F4/c1-9(2)5-7-11-12(8-6-10(3)4)14(18)16(20)15(19)13(11)17/h9-10H,1-4H3. The quantitative estimate of drug-likeness (QED) is 0.289. The summed E-state index contributed by atoms with van der Waals surface area (Å²) in [5.41, 5.74) is -1.08. The van der Waals surface area contributed by atoms with Crippen LogP contribution in [0.15, 0.2) is 0 Å². The third kappa shape index (κ3) is 3.54. The van der Waals surface area contributed by atoms with Crippen LogP contribution in [0.4, 0.5) is 17.6 Å². The molecule has 0 N–H and O–H groups in total. The molecule has 0 fully saturated rings. The Morgan fingerprint density at radius 1 is 0.600 bits per heavy atom. The van der Waals surface area contributed by atoms with Crippen LogP contribution in [0.5, 0.6) is 0 Å². The lowest BCUT2D eigenvalue weighted by Crippen LogP contribution is -2.05. The molecule has 0 bridgehead atoms. The molecule has 0 saturated carbocycles. The lowest BCUT2D eigenvalue weighted by Gasteiger charge is -2.05. The highest BCUT2D eigenvalue weighted by Crippen LogP contribution is 2.23. The Hall–Kier alpha value is -1.94. The van der Waals surface area contributed by atoms with Crippen LogP contribution >= 0.6 is 0 Å². The van der Waals surface area contributed by atoms with Crippen molar-refractivity contribution in [2.75, 3.05) is 0 Å². The Morgan fingerprint density at radius 2 is 0.900 bits per heavy atom. The zero-order valence-corrected chi connectivity index (χ0v) is 11.7. The summed E-state index contributed by atoms with van der Waals surface area (Å²) in [5, 5.41) is 0. The minimum Gasteiger partial charge on any atom is -0.202 e. The summed E-state index contributed by atoms with van der Waals surface area (Å²) in [4.78, 5) is 0. The Kier molecular flexibility index (Phi) is 5.22. The summed E-state index contributed by atoms with van der Waals surface area (Å²) in [6.07, 6.45) is 0. The highest BCUT2D eigenvalue weighted by Gasteiger charge is 2.23. The predicted molar refractivity (Wildman–Crippen MR) is 69.7 cm³/mol. The molecule has 4 heteroatoms. The van der Waals surface area contributed by atoms with E-state index in [0.717, 1.165) is 0 Å². The molecule has 1 aromatic rings. The van der Waals surface area contributed by atoms with Gasteiger partial charge in [-0.3, -0.25) is 0 Å². The molecule has 1 rings (SSSR count). The Balaban J connectivity index is 3.64. The second-order valence-electron chi connectivity index (χ2n) is 4.85. The van der Waals surface area contributed by atoms with Crippen molar-refractivity contribution in [2.45, 2.75) is 27.7 Å². The maximum Gasteiger partial charge on any atom is 0.198 e. The van der Waals surface area contributed by atoms with E-state index in [1.807, 2.05) is 0 Å². The van der Waals surface area contributed by atoms with E-state index in [0.29, 0.717) is 0 Å². The molecule has 0 aromatic heterocycles. The van der Waals surface area contributed by atoms with Gasteiger partial charge < -0.3 is 0 Å². The van der Waals surface area contributed by atoms with Gasteiger partial charge in [0.25, 0.3) is 0 Å². The van der Waals surface area contributed by atoms with E-state index >= 15 is 0 Å². The normalized spacial score (nSPS) is 10.1. The van der Waals surface area contributed by atoms with Crippen molar-refractivity contribution in [3.8, 4) is 23.7 Å². The van der Waals surface area contributed by atoms with Crippen molar-refractivity contribution >= 4 is 0 Å². The molecule has 0 spiro atoms. The van der Waals surface area contributed by atoms with E-state index in [1.165, 1.54) is 0 Å². The minimum atomic E-state index is -1.87. The van der Waals surface area contributed by atoms with E-state index in [-0.39, 0.29) is 11.8 Å². The first-order valence-corrected chi connectivity index (χ1v) is 6.14. The maximum atomic E-state index is 13.7. The molecular formula is C16H14F4. The van der Waals surface area contributed by atoms with Gasteiger partial charge in [-0.15, -0.1) is 0 Å². The van der Waals surface area contributed by atoms with E-state index in [9.17, 15) is 17.6 Å². The van der Waals surface area contributed by atoms with E-state index in [4.69, 9.17) is 0 Å². The molecule has 0 nitrogen and oxygen atoms in total. The van der Waals surface area contributed by atoms with Gasteiger partial charge in [-0.25, -0.2) is 17.6 Å². The third-order valence-corrected chi connectivity index (χ3v) is 2.24. The van der Waals surface area contributed by atoms with E-state index < -0.39 is 34.4 Å². The highest BCUT2D eigenvalue weighted by molar-refractivity contribution is 5.52. The van der Waals surface area contributed by atoms with Crippen LogP contribution in [0.2, 0.25) is 0 Å². The van der Waals surface area contributed by atoms with Crippen LogP contribution in [0.25, 0.3) is 0 Å². The lowest BCUT2D eigenvalue weighted by molar-refractivity contribution is 0.406. The van der Waals surface area contributed by atoms with Gasteiger partial charge >= 0.3 is 0 Å². The second kappa shape index (κ2) is 6.48. The Morgan fingerprint density at radius 3 is 1.15 bits per heavy atom. The fourth-order valence-corrected chi connectivity index (χ4v) is 1.30. The van der Waals surface area contributed by atoms with Crippen molar-refractivity contribution in [3.05, 3.63) is 34.4 Å². The molecule has 0 aliphatic carbocycles. The van der Waals surface area contributed by atoms with Gasteiger partial charge in [0.1, 0.15) is 0 Å². The first-order chi connectivity index (χ1) is 9.25. The SMILES string of the molecule is CC(C)C#Cc1c(F)c(F)c(F)c(F)c1C#CC(C)C. The summed E-state index contributed by atoms with van der Waals surface area (Å²) in [7, 11) is 0. The number of rotatable bonds is 0. The topological polar surface area (TPSA) is 0 Å². The van der Waals surface area contributed by atoms with Gasteiger partial charge in [0.15, 0.2) is 23.3 Å². The molecule has 0 atom stereocenters. The lowest BCUT2D eigenvalue weighted by atomic mass is 10.0. The number of hydrogen-bond donors (Lipinski definition) is 0. The fraction of sp³-hybridized carbons (Fsp3) is 0.375. The molecule has 0 amide bonds. The minimum absolute atomic E-state index is 0.128. The van der Waals surface area contributed by atoms with Crippen molar-refractivity contribution in [3.63, 3.8) is 0 Å². The monoisotopic (exact) mass is 282 g/mol. The number of hydrogen-bond acceptors (Lipinski definition) is 0. The average Bonchev–Trinajstić information content (AvgIpc) is 2.37. The van der Waals surface area contributed by atoms with Crippen LogP contribution in [-0.4, -0.2) is 0 Å². The zero-order chi connectivity index (χ0) is 15.4. The zero-order valence-electron chi connectivity index (χ0n) is 11.7. The van der Waals surface area contributed by atoms with Gasteiger partial charge in [-0.2, -0.15) is 0 Å². The molecule has 0 heterocycles. The molecular weight excluding hydrogens is 268 g/mol. The molecule has 0 aliphatic rings. The summed E-state index contributed by atoms with van der Waals surface area (Å²) in [5.74, 6) is 2.85. The van der Waals surface area contributed by atoms with Gasteiger partial charge in [0.05, 0.1) is 11.1 Å². The van der Waals surface area contributed by atoms with Crippen LogP contribution in [0.3, 0.4) is 0 Å². The average molecular weight is 282 g/mol. The number of halogens is 4. The van der Waals surface area contributed by atoms with Crippen molar-refractivity contribution in [2.24, 2.45) is 11.8 Å². The van der Waals surface area contributed by atoms with Gasteiger partial charge in [0.2, 0.25) is 0 Å². The summed E-state index contributed by atoms with van der Waals surface area (Å²) < 4.78 is 54.0. The van der Waals surface area contributed by atoms with Gasteiger partial charge in [-0.05, 0) is 0 Å². The summed E-state index contributed by atoms with van der Waals surface area (Å²) >= 11 is 0. The summed E-state index contributed by atoms with van der Waals surface area (Å²) in [6.45, 7) is 6.95. The maximum absolute atomic E-state index is 13.7. The molecule has 106 valence electrons. The van der Waals surface area contributed by atoms with Crippen molar-refractivity contribution in [1.82, 2.24) is 0 Å². The summed E-state index contributed by atoms with van der Waals surface area (Å²) in [6, 6.07) is 0. The molecule has 1 aromatic carbocycles. The molecule has 0 aliphatic heterocycles. The van der Waals surface area contributed by atoms with E-state index in [1.54, 1.807) is 27.7 Å². The van der Waals surface area contributed by atoms with Crippen LogP contribution < -0.4 is 0 Å². The van der Waals surface area contributed by atoms with Gasteiger partial charge in [0, 0.05) is 11.8 Å². The molecule has 20 heavy (non-hydrogen) atoms. The second-order valence-corrected chi connectivity index (χ2v) is 4.85. The van der Waals surface area contributed by atoms with Crippen LogP contribution in [0, 0.1) is 58.8 Å². The smallest absolute Gasteiger partial charge is 0.198 e. The van der Waals surface area contributed by atoms with Crippen molar-refractivity contribution in [1.29, 1.82) is 0 Å². The molecule has 0 saturated heterocycles. The first-order valence-electron chi connectivity index (χ1n) is 6.14. The third-order valence-electron chi connectivity index (χ3n) is 2.24. The predicted octanol–water partition coefficient (Wildman–Crippen LogP) is 4.26. The molecule has 0 unspecified atom stereocenters. The largest absolute Gasteiger partial charge is 0.202 e. The Bertz CT molecular complexity index is 578. The van der Waals surface area contributed by atoms with Crippen LogP contribution in [-0.2, 0) is 0 Å². The molecule has 0 radical (unpaired) electrons. The van der Waals surface area contributed by atoms with E-state index in [2.05, 4.69) is 23.7 Å². The fourth-order valence-electron chi connectivity index (χ4n) is 1.30. The van der Waals surface area contributed by atoms with Gasteiger partial charge in [-0.1, -0.05) is 51.4 Å². The highest BCUT2D eigenvalue weighted by atomic mass is 19.2. The van der Waals surface area contributed by atoms with Crippen molar-refractivity contribution < 1.29 is 17.6 Å². The van der Waals surface area contributed by atoms with Crippen LogP contribution in [0.1, 0.15) is 38.8 Å².